The molecule has 106 valence electrons. The summed E-state index contributed by atoms with van der Waals surface area (Å²) in [6.07, 6.45) is 0.955. The fourth-order valence-electron chi connectivity index (χ4n) is 1.80. The minimum atomic E-state index is -0.401. The molecule has 0 bridgehead atoms. The molecule has 1 N–H and O–H groups in total. The van der Waals surface area contributed by atoms with Gasteiger partial charge in [-0.3, -0.25) is 0 Å². The highest BCUT2D eigenvalue weighted by Gasteiger charge is 2.04. The lowest BCUT2D eigenvalue weighted by Gasteiger charge is -2.13. The first-order chi connectivity index (χ1) is 9.70. The second-order valence-electron chi connectivity index (χ2n) is 4.45. The van der Waals surface area contributed by atoms with Crippen molar-refractivity contribution < 1.29 is 9.13 Å². The highest BCUT2D eigenvalue weighted by molar-refractivity contribution is 6.30. The van der Waals surface area contributed by atoms with Crippen molar-refractivity contribution in [3.05, 3.63) is 58.9 Å². The van der Waals surface area contributed by atoms with E-state index in [0.29, 0.717) is 13.2 Å². The van der Waals surface area contributed by atoms with Gasteiger partial charge in [-0.2, -0.15) is 0 Å². The molecule has 0 aliphatic rings. The zero-order chi connectivity index (χ0) is 14.4. The lowest BCUT2D eigenvalue weighted by molar-refractivity contribution is 0.319. The molecule has 0 radical (unpaired) electrons. The number of para-hydroxylation sites is 2. The topological polar surface area (TPSA) is 21.3 Å². The van der Waals surface area contributed by atoms with Crippen molar-refractivity contribution >= 4 is 17.3 Å². The molecule has 0 heterocycles. The normalized spacial score (nSPS) is 10.3. The molecule has 2 rings (SSSR count). The molecule has 0 saturated carbocycles. The van der Waals surface area contributed by atoms with E-state index in [1.54, 1.807) is 12.1 Å². The van der Waals surface area contributed by atoms with Crippen LogP contribution in [0.2, 0.25) is 5.02 Å². The summed E-state index contributed by atoms with van der Waals surface area (Å²) < 4.78 is 19.0. The monoisotopic (exact) mass is 293 g/mol. The zero-order valence-corrected chi connectivity index (χ0v) is 12.1. The van der Waals surface area contributed by atoms with Crippen LogP contribution in [0.25, 0.3) is 0 Å². The Morgan fingerprint density at radius 2 is 2.00 bits per heavy atom. The van der Waals surface area contributed by atoms with E-state index in [9.17, 15) is 4.39 Å². The third-order valence-corrected chi connectivity index (χ3v) is 3.12. The smallest absolute Gasteiger partial charge is 0.142 e. The van der Waals surface area contributed by atoms with E-state index in [2.05, 4.69) is 12.2 Å². The van der Waals surface area contributed by atoms with Crippen LogP contribution in [-0.4, -0.2) is 6.61 Å². The highest BCUT2D eigenvalue weighted by atomic mass is 35.5. The Balaban J connectivity index is 2.04. The van der Waals surface area contributed by atoms with Crippen molar-refractivity contribution in [1.82, 2.24) is 0 Å². The van der Waals surface area contributed by atoms with E-state index >= 15 is 0 Å². The largest absolute Gasteiger partial charge is 0.491 e. The molecule has 2 aromatic rings. The number of benzene rings is 2. The zero-order valence-electron chi connectivity index (χ0n) is 11.3. The Morgan fingerprint density at radius 1 is 1.20 bits per heavy atom. The maximum Gasteiger partial charge on any atom is 0.142 e. The van der Waals surface area contributed by atoms with Crippen LogP contribution >= 0.6 is 11.6 Å². The average Bonchev–Trinajstić information content (AvgIpc) is 2.47. The molecule has 2 aromatic carbocycles. The summed E-state index contributed by atoms with van der Waals surface area (Å²) in [5.74, 6) is 0.408. The minimum absolute atomic E-state index is 0.139. The Hall–Kier alpha value is -1.74. The molecule has 4 heteroatoms. The van der Waals surface area contributed by atoms with Crippen LogP contribution in [0.5, 0.6) is 5.75 Å². The molecule has 0 atom stereocenters. The molecule has 0 aromatic heterocycles. The molecular weight excluding hydrogens is 277 g/mol. The van der Waals surface area contributed by atoms with Gasteiger partial charge < -0.3 is 10.1 Å². The second-order valence-corrected chi connectivity index (χ2v) is 4.85. The van der Waals surface area contributed by atoms with Gasteiger partial charge in [0.25, 0.3) is 0 Å². The number of hydrogen-bond donors (Lipinski definition) is 1. The summed E-state index contributed by atoms with van der Waals surface area (Å²) in [6.45, 7) is 3.25. The van der Waals surface area contributed by atoms with Gasteiger partial charge in [0.1, 0.15) is 11.6 Å². The van der Waals surface area contributed by atoms with Crippen molar-refractivity contribution in [2.45, 2.75) is 19.9 Å². The van der Waals surface area contributed by atoms with E-state index in [1.807, 2.05) is 24.3 Å². The summed E-state index contributed by atoms with van der Waals surface area (Å²) >= 11 is 5.66. The summed E-state index contributed by atoms with van der Waals surface area (Å²) in [4.78, 5) is 0. The number of hydrogen-bond acceptors (Lipinski definition) is 2. The highest BCUT2D eigenvalue weighted by Crippen LogP contribution is 2.25. The van der Waals surface area contributed by atoms with Gasteiger partial charge in [-0.15, -0.1) is 0 Å². The van der Waals surface area contributed by atoms with Crippen LogP contribution in [0.1, 0.15) is 18.9 Å². The van der Waals surface area contributed by atoms with Crippen molar-refractivity contribution in [1.29, 1.82) is 0 Å². The van der Waals surface area contributed by atoms with Gasteiger partial charge in [0.05, 0.1) is 17.3 Å². The average molecular weight is 294 g/mol. The predicted molar refractivity (Wildman–Crippen MR) is 81.0 cm³/mol. The third kappa shape index (κ3) is 3.87. The third-order valence-electron chi connectivity index (χ3n) is 2.82. The molecule has 0 aliphatic heterocycles. The molecule has 0 saturated heterocycles. The van der Waals surface area contributed by atoms with Gasteiger partial charge in [0.15, 0.2) is 0 Å². The van der Waals surface area contributed by atoms with Crippen LogP contribution in [0.15, 0.2) is 42.5 Å². The van der Waals surface area contributed by atoms with E-state index < -0.39 is 5.82 Å². The van der Waals surface area contributed by atoms with E-state index in [0.717, 1.165) is 23.4 Å². The maximum atomic E-state index is 13.4. The maximum absolute atomic E-state index is 13.4. The number of nitrogens with one attached hydrogen (secondary N) is 1. The molecule has 2 nitrogen and oxygen atoms in total. The van der Waals surface area contributed by atoms with Crippen LogP contribution in [0.4, 0.5) is 10.1 Å². The standard InChI is InChI=1S/C16H17ClFNO/c1-2-9-20-16-6-4-3-5-15(16)19-11-12-7-8-13(17)14(18)10-12/h3-8,10,19H,2,9,11H2,1H3. The van der Waals surface area contributed by atoms with Crippen LogP contribution < -0.4 is 10.1 Å². The fourth-order valence-corrected chi connectivity index (χ4v) is 1.91. The number of anilines is 1. The van der Waals surface area contributed by atoms with Crippen molar-refractivity contribution in [2.75, 3.05) is 11.9 Å². The first-order valence-corrected chi connectivity index (χ1v) is 6.98. The number of halogens is 2. The minimum Gasteiger partial charge on any atom is -0.491 e. The Morgan fingerprint density at radius 3 is 2.75 bits per heavy atom. The van der Waals surface area contributed by atoms with Gasteiger partial charge in [-0.1, -0.05) is 36.7 Å². The van der Waals surface area contributed by atoms with Crippen LogP contribution in [-0.2, 0) is 6.54 Å². The number of rotatable bonds is 6. The molecular formula is C16H17ClFNO. The Kier molecular flexibility index (Phi) is 5.24. The van der Waals surface area contributed by atoms with Crippen LogP contribution in [0.3, 0.4) is 0 Å². The van der Waals surface area contributed by atoms with Crippen LogP contribution in [0, 0.1) is 5.82 Å². The number of ether oxygens (including phenoxy) is 1. The van der Waals surface area contributed by atoms with Gasteiger partial charge in [-0.05, 0) is 36.2 Å². The first kappa shape index (κ1) is 14.7. The predicted octanol–water partition coefficient (Wildman–Crippen LogP) is 4.88. The summed E-state index contributed by atoms with van der Waals surface area (Å²) in [5, 5.41) is 3.39. The summed E-state index contributed by atoms with van der Waals surface area (Å²) in [6, 6.07) is 12.5. The lowest BCUT2D eigenvalue weighted by atomic mass is 10.2. The van der Waals surface area contributed by atoms with E-state index in [-0.39, 0.29) is 5.02 Å². The van der Waals surface area contributed by atoms with Gasteiger partial charge in [-0.25, -0.2) is 4.39 Å². The van der Waals surface area contributed by atoms with Gasteiger partial charge in [0, 0.05) is 6.54 Å². The van der Waals surface area contributed by atoms with E-state index in [4.69, 9.17) is 16.3 Å². The quantitative estimate of drug-likeness (QED) is 0.819. The Labute approximate surface area is 123 Å². The van der Waals surface area contributed by atoms with Gasteiger partial charge in [0.2, 0.25) is 0 Å². The SMILES string of the molecule is CCCOc1ccccc1NCc1ccc(Cl)c(F)c1. The molecule has 0 aliphatic carbocycles. The molecule has 20 heavy (non-hydrogen) atoms. The van der Waals surface area contributed by atoms with Crippen molar-refractivity contribution in [3.8, 4) is 5.75 Å². The second kappa shape index (κ2) is 7.15. The fraction of sp³-hybridized carbons (Fsp3) is 0.250. The van der Waals surface area contributed by atoms with Crippen molar-refractivity contribution in [3.63, 3.8) is 0 Å². The first-order valence-electron chi connectivity index (χ1n) is 6.60. The van der Waals surface area contributed by atoms with Crippen molar-refractivity contribution in [2.24, 2.45) is 0 Å². The molecule has 0 amide bonds. The summed E-state index contributed by atoms with van der Waals surface area (Å²) in [7, 11) is 0. The Bertz CT molecular complexity index is 574. The molecule has 0 unspecified atom stereocenters. The summed E-state index contributed by atoms with van der Waals surface area (Å²) in [5.41, 5.74) is 1.73. The lowest BCUT2D eigenvalue weighted by Crippen LogP contribution is -2.03. The van der Waals surface area contributed by atoms with E-state index in [1.165, 1.54) is 6.07 Å². The molecule has 0 fully saturated rings. The molecule has 0 spiro atoms. The van der Waals surface area contributed by atoms with Gasteiger partial charge >= 0.3 is 0 Å².